The van der Waals surface area contributed by atoms with Gasteiger partial charge >= 0.3 is 0 Å². The topological polar surface area (TPSA) is 0 Å². The Kier molecular flexibility index (Phi) is 6.88. The van der Waals surface area contributed by atoms with E-state index in [2.05, 4.69) is 168 Å². The summed E-state index contributed by atoms with van der Waals surface area (Å²) in [4.78, 5) is 0. The molecule has 1 heterocycles. The van der Waals surface area contributed by atoms with Crippen molar-refractivity contribution in [2.24, 2.45) is 0 Å². The fraction of sp³-hybridized carbons (Fsp3) is 0.0256. The lowest BCUT2D eigenvalue weighted by atomic mass is 9.91. The molecule has 0 radical (unpaired) electrons. The highest BCUT2D eigenvalue weighted by Gasteiger charge is 2.10. The Balaban J connectivity index is 1.32. The van der Waals surface area contributed by atoms with E-state index in [9.17, 15) is 0 Å². The van der Waals surface area contributed by atoms with Gasteiger partial charge in [-0.15, -0.1) is 11.3 Å². The van der Waals surface area contributed by atoms with Crippen LogP contribution in [0.1, 0.15) is 16.7 Å². The zero-order valence-corrected chi connectivity index (χ0v) is 25.0. The van der Waals surface area contributed by atoms with E-state index in [-0.39, 0.29) is 0 Å². The van der Waals surface area contributed by atoms with E-state index < -0.39 is 0 Å². The Morgan fingerprint density at radius 1 is 0.512 bits per heavy atom. The zero-order chi connectivity index (χ0) is 27.8. The predicted octanol–water partition coefficient (Wildman–Crippen LogP) is 12.3. The minimum atomic E-state index is 1.09. The number of fused-ring (bicyclic) bond motifs is 3. The van der Waals surface area contributed by atoms with E-state index in [0.717, 1.165) is 4.47 Å². The second kappa shape index (κ2) is 11.0. The largest absolute Gasteiger partial charge is 0.135 e. The molecule has 0 atom stereocenters. The van der Waals surface area contributed by atoms with Crippen molar-refractivity contribution in [2.45, 2.75) is 6.92 Å². The van der Waals surface area contributed by atoms with Crippen molar-refractivity contribution in [3.05, 3.63) is 155 Å². The molecule has 0 nitrogen and oxygen atoms in total. The van der Waals surface area contributed by atoms with Gasteiger partial charge in [-0.2, -0.15) is 0 Å². The summed E-state index contributed by atoms with van der Waals surface area (Å²) in [6.45, 7) is 2.19. The molecular formula is C39H27BrS. The molecule has 0 bridgehead atoms. The summed E-state index contributed by atoms with van der Waals surface area (Å²) in [7, 11) is 0. The molecule has 0 saturated carbocycles. The van der Waals surface area contributed by atoms with Gasteiger partial charge in [-0.25, -0.2) is 0 Å². The number of rotatable bonds is 5. The van der Waals surface area contributed by atoms with E-state index in [4.69, 9.17) is 0 Å². The molecule has 0 aliphatic heterocycles. The molecule has 2 heteroatoms. The molecule has 0 amide bonds. The molecule has 6 aromatic carbocycles. The van der Waals surface area contributed by atoms with Crippen LogP contribution in [0, 0.1) is 6.92 Å². The maximum Gasteiger partial charge on any atom is 0.0355 e. The molecule has 0 aliphatic carbocycles. The Labute approximate surface area is 253 Å². The summed E-state index contributed by atoms with van der Waals surface area (Å²) < 4.78 is 3.76. The summed E-state index contributed by atoms with van der Waals surface area (Å²) in [5.41, 5.74) is 11.0. The zero-order valence-electron chi connectivity index (χ0n) is 22.6. The minimum absolute atomic E-state index is 1.09. The van der Waals surface area contributed by atoms with Gasteiger partial charge in [-0.05, 0) is 99.5 Å². The quantitative estimate of drug-likeness (QED) is 0.171. The van der Waals surface area contributed by atoms with E-state index in [0.29, 0.717) is 0 Å². The van der Waals surface area contributed by atoms with Crippen molar-refractivity contribution in [3.8, 4) is 33.4 Å². The number of thiophene rings is 1. The SMILES string of the molecule is Cc1ccccc1-c1ccc(-c2cccc(-c3ccc(Br)cc3)c2)cc1/C=C\c1ccc2sc3ccccc3c2c1. The third-order valence-electron chi connectivity index (χ3n) is 7.72. The van der Waals surface area contributed by atoms with Crippen molar-refractivity contribution in [2.75, 3.05) is 0 Å². The molecule has 1 aromatic heterocycles. The lowest BCUT2D eigenvalue weighted by Crippen LogP contribution is -1.89. The van der Waals surface area contributed by atoms with Crippen LogP contribution < -0.4 is 0 Å². The first-order chi connectivity index (χ1) is 20.1. The van der Waals surface area contributed by atoms with Gasteiger partial charge in [0.2, 0.25) is 0 Å². The van der Waals surface area contributed by atoms with Crippen LogP contribution in [0.25, 0.3) is 65.7 Å². The second-order valence-electron chi connectivity index (χ2n) is 10.4. The number of hydrogen-bond donors (Lipinski definition) is 0. The van der Waals surface area contributed by atoms with Gasteiger partial charge in [0, 0.05) is 24.6 Å². The fourth-order valence-electron chi connectivity index (χ4n) is 5.55. The van der Waals surface area contributed by atoms with Gasteiger partial charge in [0.05, 0.1) is 0 Å². The Morgan fingerprint density at radius 3 is 2.07 bits per heavy atom. The molecule has 0 aliphatic rings. The highest BCUT2D eigenvalue weighted by molar-refractivity contribution is 9.10. The van der Waals surface area contributed by atoms with Gasteiger partial charge in [0.1, 0.15) is 0 Å². The number of halogens is 1. The molecule has 7 rings (SSSR count). The van der Waals surface area contributed by atoms with Crippen LogP contribution in [-0.2, 0) is 0 Å². The van der Waals surface area contributed by atoms with Gasteiger partial charge in [0.25, 0.3) is 0 Å². The first-order valence-electron chi connectivity index (χ1n) is 13.8. The Morgan fingerprint density at radius 2 is 1.22 bits per heavy atom. The third-order valence-corrected chi connectivity index (χ3v) is 9.40. The highest BCUT2D eigenvalue weighted by Crippen LogP contribution is 2.36. The molecular weight excluding hydrogens is 580 g/mol. The summed E-state index contributed by atoms with van der Waals surface area (Å²) >= 11 is 5.41. The van der Waals surface area contributed by atoms with E-state index in [1.165, 1.54) is 70.2 Å². The van der Waals surface area contributed by atoms with Crippen molar-refractivity contribution in [1.82, 2.24) is 0 Å². The average Bonchev–Trinajstić information content (AvgIpc) is 3.39. The van der Waals surface area contributed by atoms with E-state index in [1.807, 2.05) is 11.3 Å². The van der Waals surface area contributed by atoms with Crippen LogP contribution in [0.3, 0.4) is 0 Å². The third kappa shape index (κ3) is 5.17. The van der Waals surface area contributed by atoms with Crippen molar-refractivity contribution >= 4 is 59.6 Å². The van der Waals surface area contributed by atoms with Crippen LogP contribution >= 0.6 is 27.3 Å². The van der Waals surface area contributed by atoms with Crippen LogP contribution in [0.5, 0.6) is 0 Å². The van der Waals surface area contributed by atoms with Crippen molar-refractivity contribution < 1.29 is 0 Å². The number of benzene rings is 6. The smallest absolute Gasteiger partial charge is 0.0355 e. The highest BCUT2D eigenvalue weighted by atomic mass is 79.9. The maximum atomic E-state index is 3.55. The van der Waals surface area contributed by atoms with Crippen LogP contribution in [-0.4, -0.2) is 0 Å². The lowest BCUT2D eigenvalue weighted by Gasteiger charge is -2.13. The van der Waals surface area contributed by atoms with Crippen LogP contribution in [0.4, 0.5) is 0 Å². The van der Waals surface area contributed by atoms with Gasteiger partial charge in [-0.1, -0.05) is 119 Å². The number of hydrogen-bond acceptors (Lipinski definition) is 1. The fourth-order valence-corrected chi connectivity index (χ4v) is 6.91. The minimum Gasteiger partial charge on any atom is -0.135 e. The summed E-state index contributed by atoms with van der Waals surface area (Å²) in [6, 6.07) is 48.3. The summed E-state index contributed by atoms with van der Waals surface area (Å²) in [6.07, 6.45) is 4.53. The van der Waals surface area contributed by atoms with Crippen molar-refractivity contribution in [1.29, 1.82) is 0 Å². The molecule has 0 fully saturated rings. The van der Waals surface area contributed by atoms with Crippen molar-refractivity contribution in [3.63, 3.8) is 0 Å². The Hall–Kier alpha value is -4.24. The molecule has 196 valence electrons. The molecule has 7 aromatic rings. The first kappa shape index (κ1) is 25.7. The standard InChI is InChI=1S/C39H27BrS/c1-26-7-2-3-10-34(26)35-21-18-31(30-9-6-8-29(24-30)28-16-19-33(40)20-17-28)25-32(35)15-13-27-14-22-39-37(23-27)36-11-4-5-12-38(36)41-39/h2-25H,1H3/b15-13-. The van der Waals surface area contributed by atoms with E-state index >= 15 is 0 Å². The molecule has 0 saturated heterocycles. The maximum absolute atomic E-state index is 3.55. The molecule has 0 spiro atoms. The van der Waals surface area contributed by atoms with Crippen LogP contribution in [0.15, 0.2) is 138 Å². The van der Waals surface area contributed by atoms with Crippen LogP contribution in [0.2, 0.25) is 0 Å². The first-order valence-corrected chi connectivity index (χ1v) is 15.4. The van der Waals surface area contributed by atoms with Gasteiger partial charge < -0.3 is 0 Å². The second-order valence-corrected chi connectivity index (χ2v) is 12.4. The normalized spacial score (nSPS) is 11.6. The lowest BCUT2D eigenvalue weighted by molar-refractivity contribution is 1.45. The summed E-state index contributed by atoms with van der Waals surface area (Å²) in [5.74, 6) is 0. The molecule has 41 heavy (non-hydrogen) atoms. The summed E-state index contributed by atoms with van der Waals surface area (Å²) in [5, 5.41) is 2.65. The average molecular weight is 608 g/mol. The number of aryl methyl sites for hydroxylation is 1. The van der Waals surface area contributed by atoms with Gasteiger partial charge in [0.15, 0.2) is 0 Å². The monoisotopic (exact) mass is 606 g/mol. The van der Waals surface area contributed by atoms with Gasteiger partial charge in [-0.3, -0.25) is 0 Å². The molecule has 0 unspecified atom stereocenters. The molecule has 0 N–H and O–H groups in total. The van der Waals surface area contributed by atoms with E-state index in [1.54, 1.807) is 0 Å². The predicted molar refractivity (Wildman–Crippen MR) is 183 cm³/mol. The Bertz CT molecular complexity index is 2060.